The fourth-order valence-corrected chi connectivity index (χ4v) is 14.4. The number of aliphatic carboxylic acids is 1. The molecule has 2 aliphatic heterocycles. The molecule has 21 atom stereocenters. The summed E-state index contributed by atoms with van der Waals surface area (Å²) in [6.45, 7) is 11.7. The van der Waals surface area contributed by atoms with E-state index in [0.29, 0.717) is 44.9 Å². The van der Waals surface area contributed by atoms with Crippen LogP contribution in [-0.4, -0.2) is 146 Å². The van der Waals surface area contributed by atoms with E-state index < -0.39 is 125 Å². The Kier molecular flexibility index (Phi) is 12.5. The molecule has 0 aromatic heterocycles. The van der Waals surface area contributed by atoms with Crippen LogP contribution in [0.4, 0.5) is 0 Å². The molecule has 0 aromatic carbocycles. The van der Waals surface area contributed by atoms with Crippen LogP contribution in [0.1, 0.15) is 99.3 Å². The van der Waals surface area contributed by atoms with Crippen LogP contribution in [-0.2, 0) is 43.1 Å². The molecule has 0 bridgehead atoms. The van der Waals surface area contributed by atoms with Crippen molar-refractivity contribution in [3.63, 3.8) is 0 Å². The summed E-state index contributed by atoms with van der Waals surface area (Å²) in [4.78, 5) is 26.6. The molecular formula is C42H66O18S. The number of carboxylic acids is 1. The van der Waals surface area contributed by atoms with Gasteiger partial charge in [0.25, 0.3) is 0 Å². The summed E-state index contributed by atoms with van der Waals surface area (Å²) in [5.41, 5.74) is -2.20. The first-order valence-corrected chi connectivity index (χ1v) is 23.1. The van der Waals surface area contributed by atoms with Crippen molar-refractivity contribution in [1.82, 2.24) is 0 Å². The van der Waals surface area contributed by atoms with Crippen molar-refractivity contribution in [2.24, 2.45) is 56.7 Å². The van der Waals surface area contributed by atoms with E-state index in [1.54, 1.807) is 6.92 Å². The molecule has 4 saturated carbocycles. The van der Waals surface area contributed by atoms with E-state index in [2.05, 4.69) is 40.7 Å². The number of carbonyl (C=O) groups is 2. The Morgan fingerprint density at radius 3 is 2.10 bits per heavy atom. The van der Waals surface area contributed by atoms with Crippen LogP contribution in [0.5, 0.6) is 0 Å². The number of aliphatic hydroxyl groups excluding tert-OH is 7. The highest BCUT2D eigenvalue weighted by atomic mass is 32.3. The summed E-state index contributed by atoms with van der Waals surface area (Å²) in [6.07, 6.45) is -10.7. The minimum absolute atomic E-state index is 0.0216. The van der Waals surface area contributed by atoms with Gasteiger partial charge in [-0.2, -0.15) is 8.42 Å². The van der Waals surface area contributed by atoms with Crippen LogP contribution in [0.2, 0.25) is 0 Å². The highest BCUT2D eigenvalue weighted by Gasteiger charge is 2.71. The second-order valence-electron chi connectivity index (χ2n) is 20.5. The Balaban J connectivity index is 1.21. The van der Waals surface area contributed by atoms with E-state index in [1.807, 2.05) is 0 Å². The Bertz CT molecular complexity index is 1830. The van der Waals surface area contributed by atoms with E-state index in [-0.39, 0.29) is 41.4 Å². The number of hydrogen-bond donors (Lipinski definition) is 9. The minimum atomic E-state index is -4.93. The highest BCUT2D eigenvalue weighted by molar-refractivity contribution is 7.80. The van der Waals surface area contributed by atoms with Crippen LogP contribution in [0.3, 0.4) is 0 Å². The summed E-state index contributed by atoms with van der Waals surface area (Å²) in [5.74, 6) is -2.32. The average molecular weight is 891 g/mol. The van der Waals surface area contributed by atoms with Gasteiger partial charge in [-0.25, -0.2) is 8.98 Å². The molecule has 5 unspecified atom stereocenters. The number of allylic oxidation sites excluding steroid dienone is 2. The monoisotopic (exact) mass is 890 g/mol. The van der Waals surface area contributed by atoms with E-state index in [4.69, 9.17) is 23.1 Å². The lowest BCUT2D eigenvalue weighted by molar-refractivity contribution is -0.327. The van der Waals surface area contributed by atoms with Crippen molar-refractivity contribution in [3.05, 3.63) is 11.6 Å². The van der Waals surface area contributed by atoms with Gasteiger partial charge in [0, 0.05) is 5.41 Å². The summed E-state index contributed by atoms with van der Waals surface area (Å²) >= 11 is 0. The van der Waals surface area contributed by atoms with Gasteiger partial charge >= 0.3 is 22.3 Å². The standard InChI is InChI=1S/C42H66O18S/c1-19-9-14-42(37(52)60-35-31(48)28(45)27(44)22(17-43)57-35)16-15-40(5)21(26(42)20(19)2)7-8-24-38(3)12-11-25(58-36-32(49)29(46)30(47)33(59-36)34(50)51)39(4,18-56-61(53,54)55)23(38)10-13-41(24,40)6/h7,19-20,22-33,35-36,43-49H,8-18H2,1-6H3,(H,50,51)(H,53,54,55)/t19?,20?,22-,23?,24?,25+,26?,27-,28+,29+,30+,31-,32-,33+,35+,36-,38+,39+,40-,41-,42+/m1/s1. The van der Waals surface area contributed by atoms with Crippen LogP contribution in [0.25, 0.3) is 0 Å². The maximum atomic E-state index is 14.7. The van der Waals surface area contributed by atoms with Gasteiger partial charge < -0.3 is 59.8 Å². The Morgan fingerprint density at radius 2 is 1.46 bits per heavy atom. The fraction of sp³-hybridized carbons (Fsp3) is 0.905. The molecule has 0 aromatic rings. The Labute approximate surface area is 356 Å². The van der Waals surface area contributed by atoms with Gasteiger partial charge in [-0.1, -0.05) is 53.2 Å². The van der Waals surface area contributed by atoms with Gasteiger partial charge in [0.05, 0.1) is 24.7 Å². The molecular weight excluding hydrogens is 825 g/mol. The van der Waals surface area contributed by atoms with Gasteiger partial charge in [-0.15, -0.1) is 0 Å². The first kappa shape index (κ1) is 47.1. The van der Waals surface area contributed by atoms with Crippen molar-refractivity contribution < 1.29 is 86.5 Å². The predicted octanol–water partition coefficient (Wildman–Crippen LogP) is 1.06. The lowest BCUT2D eigenvalue weighted by Gasteiger charge is -2.71. The zero-order valence-corrected chi connectivity index (χ0v) is 36.5. The summed E-state index contributed by atoms with van der Waals surface area (Å²) in [6, 6.07) is 0. The number of fused-ring (bicyclic) bond motifs is 7. The van der Waals surface area contributed by atoms with E-state index in [1.165, 1.54) is 5.57 Å². The summed E-state index contributed by atoms with van der Waals surface area (Å²) in [5, 5.41) is 82.8. The van der Waals surface area contributed by atoms with E-state index >= 15 is 0 Å². The smallest absolute Gasteiger partial charge is 0.397 e. The second kappa shape index (κ2) is 16.2. The molecule has 348 valence electrons. The van der Waals surface area contributed by atoms with Crippen LogP contribution in [0, 0.1) is 56.7 Å². The van der Waals surface area contributed by atoms with Crippen molar-refractivity contribution in [2.45, 2.75) is 167 Å². The molecule has 0 radical (unpaired) electrons. The maximum absolute atomic E-state index is 14.7. The third-order valence-electron chi connectivity index (χ3n) is 17.8. The van der Waals surface area contributed by atoms with Crippen molar-refractivity contribution >= 4 is 22.3 Å². The first-order chi connectivity index (χ1) is 28.3. The zero-order chi connectivity index (χ0) is 45.0. The lowest BCUT2D eigenvalue weighted by atomic mass is 9.33. The topological polar surface area (TPSA) is 296 Å². The third-order valence-corrected chi connectivity index (χ3v) is 18.3. The zero-order valence-electron chi connectivity index (χ0n) is 35.7. The van der Waals surface area contributed by atoms with Crippen LogP contribution < -0.4 is 0 Å². The molecule has 5 aliphatic carbocycles. The number of hydrogen-bond acceptors (Lipinski definition) is 16. The second-order valence-corrected chi connectivity index (χ2v) is 21.6. The van der Waals surface area contributed by atoms with E-state index in [9.17, 15) is 63.4 Å². The number of ether oxygens (including phenoxy) is 4. The highest BCUT2D eigenvalue weighted by Crippen LogP contribution is 2.76. The van der Waals surface area contributed by atoms with Gasteiger partial charge in [-0.05, 0) is 104 Å². The molecule has 6 fully saturated rings. The molecule has 18 nitrogen and oxygen atoms in total. The number of carbonyl (C=O) groups excluding carboxylic acids is 1. The summed E-state index contributed by atoms with van der Waals surface area (Å²) in [7, 11) is -4.93. The number of aliphatic hydroxyl groups is 7. The number of esters is 1. The molecule has 0 spiro atoms. The molecule has 7 aliphatic rings. The van der Waals surface area contributed by atoms with Crippen LogP contribution in [0.15, 0.2) is 11.6 Å². The Hall–Kier alpha value is -1.85. The molecule has 7 rings (SSSR count). The Morgan fingerprint density at radius 1 is 0.803 bits per heavy atom. The van der Waals surface area contributed by atoms with Crippen molar-refractivity contribution in [2.75, 3.05) is 13.2 Å². The van der Waals surface area contributed by atoms with E-state index in [0.717, 1.165) is 6.42 Å². The quantitative estimate of drug-likeness (QED) is 0.0677. The molecule has 9 N–H and O–H groups in total. The predicted molar refractivity (Wildman–Crippen MR) is 210 cm³/mol. The van der Waals surface area contributed by atoms with Crippen molar-refractivity contribution in [1.29, 1.82) is 0 Å². The van der Waals surface area contributed by atoms with Gasteiger partial charge in [0.2, 0.25) is 6.29 Å². The van der Waals surface area contributed by atoms with Gasteiger partial charge in [0.15, 0.2) is 12.4 Å². The molecule has 2 saturated heterocycles. The largest absolute Gasteiger partial charge is 0.479 e. The summed E-state index contributed by atoms with van der Waals surface area (Å²) < 4.78 is 62.5. The van der Waals surface area contributed by atoms with Crippen LogP contribution >= 0.6 is 0 Å². The fourth-order valence-electron chi connectivity index (χ4n) is 14.0. The number of rotatable bonds is 9. The maximum Gasteiger partial charge on any atom is 0.397 e. The molecule has 19 heteroatoms. The van der Waals surface area contributed by atoms with Crippen molar-refractivity contribution in [3.8, 4) is 0 Å². The van der Waals surface area contributed by atoms with Gasteiger partial charge in [-0.3, -0.25) is 9.35 Å². The minimum Gasteiger partial charge on any atom is -0.479 e. The SMILES string of the molecule is CC1CC[C@]2(C(=O)O[C@@H]3O[C@H](CO)[C@@H](O)[C@H](O)[C@H]3O)CC[C@]3(C)C(=CCC4[C@@]5(C)CC[C@H](O[C@@H]6O[C@H](C(=O)O)[C@@H](O)[C@H](O)[C@H]6O)[C@@](C)(COS(=O)(=O)O)C5CC[C@]43C)C2C1C. The normalized spacial score (nSPS) is 52.4. The van der Waals surface area contributed by atoms with Gasteiger partial charge in [0.1, 0.15) is 42.7 Å². The molecule has 0 amide bonds. The molecule has 2 heterocycles. The molecule has 61 heavy (non-hydrogen) atoms. The average Bonchev–Trinajstić information content (AvgIpc) is 3.19. The third kappa shape index (κ3) is 7.33. The lowest BCUT2D eigenvalue weighted by Crippen LogP contribution is -2.67. The first-order valence-electron chi connectivity index (χ1n) is 21.7. The number of carboxylic acid groups (broad SMARTS) is 1.